The maximum atomic E-state index is 5.62. The molecule has 0 aliphatic carbocycles. The number of hydrogen-bond donors (Lipinski definition) is 2. The second-order valence-corrected chi connectivity index (χ2v) is 4.28. The molecule has 6 heteroatoms. The van der Waals surface area contributed by atoms with Gasteiger partial charge in [-0.1, -0.05) is 0 Å². The maximum Gasteiger partial charge on any atom is 0.209 e. The molecule has 92 valence electrons. The Hall–Kier alpha value is -1.66. The first kappa shape index (κ1) is 11.8. The van der Waals surface area contributed by atoms with E-state index in [1.54, 1.807) is 0 Å². The number of hydrazine groups is 1. The van der Waals surface area contributed by atoms with Crippen LogP contribution in [0.4, 0.5) is 0 Å². The Balaban J connectivity index is 2.47. The summed E-state index contributed by atoms with van der Waals surface area (Å²) in [6.07, 6.45) is -0.294. The van der Waals surface area contributed by atoms with Gasteiger partial charge in [-0.25, -0.2) is 14.8 Å². The minimum absolute atomic E-state index is 0.294. The predicted octanol–water partition coefficient (Wildman–Crippen LogP) is 0.781. The summed E-state index contributed by atoms with van der Waals surface area (Å²) >= 11 is 0. The van der Waals surface area contributed by atoms with E-state index >= 15 is 0 Å². The first-order valence-corrected chi connectivity index (χ1v) is 5.54. The molecule has 0 atom stereocenters. The van der Waals surface area contributed by atoms with Crippen molar-refractivity contribution in [1.82, 2.24) is 25.0 Å². The van der Waals surface area contributed by atoms with Gasteiger partial charge in [0.15, 0.2) is 0 Å². The van der Waals surface area contributed by atoms with E-state index in [2.05, 4.69) is 15.6 Å². The summed E-state index contributed by atoms with van der Waals surface area (Å²) in [5, 5.41) is 8.84. The summed E-state index contributed by atoms with van der Waals surface area (Å²) in [5.74, 6) is 5.62. The average molecular weight is 234 g/mol. The molecule has 0 spiro atoms. The Labute approximate surface area is 100 Å². The molecule has 2 rings (SSSR count). The highest BCUT2D eigenvalue weighted by Gasteiger charge is 2.17. The summed E-state index contributed by atoms with van der Waals surface area (Å²) in [4.78, 5) is 0. The van der Waals surface area contributed by atoms with Gasteiger partial charge >= 0.3 is 0 Å². The molecule has 0 amide bonds. The van der Waals surface area contributed by atoms with Crippen molar-refractivity contribution in [2.75, 3.05) is 0 Å². The van der Waals surface area contributed by atoms with Gasteiger partial charge in [0, 0.05) is 11.4 Å². The van der Waals surface area contributed by atoms with Crippen LogP contribution in [0.1, 0.15) is 29.1 Å². The summed E-state index contributed by atoms with van der Waals surface area (Å²) in [5.41, 5.74) is 6.75. The van der Waals surface area contributed by atoms with Crippen molar-refractivity contribution < 1.29 is 0 Å². The molecule has 3 N–H and O–H groups in total. The SMILES string of the molecule is Cc1cc(C)n(C(NN)n2nc(C)cc2C)n1. The van der Waals surface area contributed by atoms with Gasteiger partial charge in [-0.05, 0) is 39.8 Å². The highest BCUT2D eigenvalue weighted by Crippen LogP contribution is 2.13. The highest BCUT2D eigenvalue weighted by molar-refractivity contribution is 5.10. The second-order valence-electron chi connectivity index (χ2n) is 4.28. The van der Waals surface area contributed by atoms with E-state index in [0.29, 0.717) is 0 Å². The lowest BCUT2D eigenvalue weighted by atomic mass is 10.4. The largest absolute Gasteiger partial charge is 0.268 e. The van der Waals surface area contributed by atoms with Crippen LogP contribution in [0, 0.1) is 27.7 Å². The number of rotatable bonds is 3. The van der Waals surface area contributed by atoms with Crippen molar-refractivity contribution in [3.63, 3.8) is 0 Å². The van der Waals surface area contributed by atoms with Crippen molar-refractivity contribution in [1.29, 1.82) is 0 Å². The fourth-order valence-corrected chi connectivity index (χ4v) is 2.03. The van der Waals surface area contributed by atoms with Crippen molar-refractivity contribution in [2.45, 2.75) is 34.0 Å². The van der Waals surface area contributed by atoms with Crippen LogP contribution in [0.15, 0.2) is 12.1 Å². The lowest BCUT2D eigenvalue weighted by Gasteiger charge is -2.20. The zero-order valence-electron chi connectivity index (χ0n) is 10.6. The van der Waals surface area contributed by atoms with Gasteiger partial charge in [0.2, 0.25) is 6.29 Å². The van der Waals surface area contributed by atoms with Gasteiger partial charge in [0.25, 0.3) is 0 Å². The topological polar surface area (TPSA) is 73.7 Å². The molecule has 0 saturated heterocycles. The summed E-state index contributed by atoms with van der Waals surface area (Å²) in [7, 11) is 0. The standard InChI is InChI=1S/C11H18N6/c1-7-5-9(3)16(14-7)11(13-12)17-10(4)6-8(2)15-17/h5-6,11,13H,12H2,1-4H3. The van der Waals surface area contributed by atoms with Crippen LogP contribution in [-0.4, -0.2) is 19.6 Å². The van der Waals surface area contributed by atoms with E-state index in [0.717, 1.165) is 22.8 Å². The molecule has 0 aliphatic rings. The van der Waals surface area contributed by atoms with Crippen molar-refractivity contribution in [3.8, 4) is 0 Å². The minimum atomic E-state index is -0.294. The number of nitrogens with two attached hydrogens (primary N) is 1. The van der Waals surface area contributed by atoms with Crippen LogP contribution in [0.25, 0.3) is 0 Å². The van der Waals surface area contributed by atoms with Crippen LogP contribution in [0.3, 0.4) is 0 Å². The number of nitrogens with one attached hydrogen (secondary N) is 1. The summed E-state index contributed by atoms with van der Waals surface area (Å²) in [6.45, 7) is 7.91. The van der Waals surface area contributed by atoms with Gasteiger partial charge in [-0.3, -0.25) is 5.84 Å². The molecule has 0 bridgehead atoms. The van der Waals surface area contributed by atoms with Gasteiger partial charge in [0.05, 0.1) is 11.4 Å². The summed E-state index contributed by atoms with van der Waals surface area (Å²) < 4.78 is 3.66. The van der Waals surface area contributed by atoms with Crippen molar-refractivity contribution in [3.05, 3.63) is 34.9 Å². The lowest BCUT2D eigenvalue weighted by molar-refractivity contribution is 0.287. The Morgan fingerprint density at radius 3 is 1.65 bits per heavy atom. The molecule has 0 saturated carbocycles. The first-order chi connectivity index (χ1) is 8.02. The van der Waals surface area contributed by atoms with Gasteiger partial charge in [-0.15, -0.1) is 0 Å². The molecule has 2 heterocycles. The molecule has 0 fully saturated rings. The molecule has 0 unspecified atom stereocenters. The van der Waals surface area contributed by atoms with E-state index in [1.165, 1.54) is 0 Å². The van der Waals surface area contributed by atoms with Gasteiger partial charge in [-0.2, -0.15) is 10.2 Å². The highest BCUT2D eigenvalue weighted by atomic mass is 15.6. The third-order valence-electron chi connectivity index (χ3n) is 2.70. The lowest BCUT2D eigenvalue weighted by Crippen LogP contribution is -2.39. The van der Waals surface area contributed by atoms with E-state index < -0.39 is 0 Å². The zero-order valence-corrected chi connectivity index (χ0v) is 10.6. The number of aryl methyl sites for hydroxylation is 4. The zero-order chi connectivity index (χ0) is 12.6. The molecule has 0 aliphatic heterocycles. The Bertz CT molecular complexity index is 478. The van der Waals surface area contributed by atoms with Gasteiger partial charge in [0.1, 0.15) is 0 Å². The Morgan fingerprint density at radius 1 is 1.00 bits per heavy atom. The van der Waals surface area contributed by atoms with Crippen molar-refractivity contribution in [2.24, 2.45) is 5.84 Å². The molecule has 17 heavy (non-hydrogen) atoms. The molecular weight excluding hydrogens is 216 g/mol. The van der Waals surface area contributed by atoms with Gasteiger partial charge < -0.3 is 0 Å². The molecular formula is C11H18N6. The normalized spacial score (nSPS) is 11.4. The van der Waals surface area contributed by atoms with Crippen LogP contribution in [0.5, 0.6) is 0 Å². The number of hydrogen-bond acceptors (Lipinski definition) is 4. The predicted molar refractivity (Wildman–Crippen MR) is 65.2 cm³/mol. The van der Waals surface area contributed by atoms with E-state index in [9.17, 15) is 0 Å². The monoisotopic (exact) mass is 234 g/mol. The quantitative estimate of drug-likeness (QED) is 0.608. The smallest absolute Gasteiger partial charge is 0.209 e. The number of nitrogens with zero attached hydrogens (tertiary/aromatic N) is 4. The molecule has 0 aromatic carbocycles. The fraction of sp³-hybridized carbons (Fsp3) is 0.455. The van der Waals surface area contributed by atoms with E-state index in [4.69, 9.17) is 5.84 Å². The van der Waals surface area contributed by atoms with Crippen molar-refractivity contribution >= 4 is 0 Å². The van der Waals surface area contributed by atoms with E-state index in [1.807, 2.05) is 49.2 Å². The number of aromatic nitrogens is 4. The van der Waals surface area contributed by atoms with Crippen LogP contribution in [-0.2, 0) is 0 Å². The molecule has 2 aromatic rings. The Morgan fingerprint density at radius 2 is 1.41 bits per heavy atom. The minimum Gasteiger partial charge on any atom is -0.268 e. The van der Waals surface area contributed by atoms with Crippen LogP contribution < -0.4 is 11.3 Å². The third kappa shape index (κ3) is 2.09. The molecule has 0 radical (unpaired) electrons. The first-order valence-electron chi connectivity index (χ1n) is 5.54. The third-order valence-corrected chi connectivity index (χ3v) is 2.70. The van der Waals surface area contributed by atoms with Crippen LogP contribution in [0.2, 0.25) is 0 Å². The van der Waals surface area contributed by atoms with Crippen LogP contribution >= 0.6 is 0 Å². The molecule has 6 nitrogen and oxygen atoms in total. The molecule has 2 aromatic heterocycles. The summed E-state index contributed by atoms with van der Waals surface area (Å²) in [6, 6.07) is 4.02. The fourth-order valence-electron chi connectivity index (χ4n) is 2.03. The van der Waals surface area contributed by atoms with E-state index in [-0.39, 0.29) is 6.29 Å². The maximum absolute atomic E-state index is 5.62. The second kappa shape index (κ2) is 4.31. The average Bonchev–Trinajstić information content (AvgIpc) is 2.73. The Kier molecular flexibility index (Phi) is 2.99.